The Morgan fingerprint density at radius 2 is 1.36 bits per heavy atom. The minimum atomic E-state index is -1.38. The number of aliphatic hydroxyl groups is 1. The lowest BCUT2D eigenvalue weighted by atomic mass is 9.85. The first-order chi connectivity index (χ1) is 10.5. The van der Waals surface area contributed by atoms with Gasteiger partial charge in [0.2, 0.25) is 0 Å². The van der Waals surface area contributed by atoms with Crippen LogP contribution in [0.25, 0.3) is 0 Å². The summed E-state index contributed by atoms with van der Waals surface area (Å²) in [6, 6.07) is 14.2. The Hall–Kier alpha value is -1.81. The van der Waals surface area contributed by atoms with Gasteiger partial charge >= 0.3 is 0 Å². The number of hydrogen-bond donors (Lipinski definition) is 1. The summed E-state index contributed by atoms with van der Waals surface area (Å²) in [5.74, 6) is 0.525. The maximum atomic E-state index is 11.5. The molecule has 5 heteroatoms. The van der Waals surface area contributed by atoms with Crippen LogP contribution in [0.5, 0.6) is 0 Å². The molecule has 112 valence electrons. The minimum Gasteiger partial charge on any atom is -0.373 e. The lowest BCUT2D eigenvalue weighted by Crippen LogP contribution is -2.32. The molecule has 0 unspecified atom stereocenters. The molecule has 3 rings (SSSR count). The van der Waals surface area contributed by atoms with Gasteiger partial charge in [-0.1, -0.05) is 47.5 Å². The number of nitrogens with zero attached hydrogens (tertiary/aromatic N) is 2. The van der Waals surface area contributed by atoms with E-state index in [1.807, 2.05) is 7.05 Å². The van der Waals surface area contributed by atoms with Crippen LogP contribution in [0.3, 0.4) is 0 Å². The minimum absolute atomic E-state index is 0.525. The topological polar surface area (TPSA) is 38.0 Å². The fourth-order valence-corrected chi connectivity index (χ4v) is 2.77. The summed E-state index contributed by atoms with van der Waals surface area (Å²) in [6.45, 7) is 0. The largest absolute Gasteiger partial charge is 0.373 e. The SMILES string of the molecule is Cn1ccnc1C(O)(c1ccc(Cl)cc1)c1ccc(Cl)cc1. The maximum Gasteiger partial charge on any atom is 0.173 e. The number of benzene rings is 2. The predicted molar refractivity (Wildman–Crippen MR) is 88.2 cm³/mol. The lowest BCUT2D eigenvalue weighted by molar-refractivity contribution is 0.112. The van der Waals surface area contributed by atoms with E-state index in [0.29, 0.717) is 27.0 Å². The normalized spacial score (nSPS) is 11.6. The van der Waals surface area contributed by atoms with Crippen molar-refractivity contribution in [3.8, 4) is 0 Å². The Balaban J connectivity index is 2.24. The van der Waals surface area contributed by atoms with E-state index in [-0.39, 0.29) is 0 Å². The third-order valence-corrected chi connectivity index (χ3v) is 4.17. The second-order valence-corrected chi connectivity index (χ2v) is 5.96. The van der Waals surface area contributed by atoms with Crippen LogP contribution in [0, 0.1) is 0 Å². The van der Waals surface area contributed by atoms with Crippen molar-refractivity contribution in [1.82, 2.24) is 9.55 Å². The number of halogens is 2. The van der Waals surface area contributed by atoms with Gasteiger partial charge in [-0.2, -0.15) is 0 Å². The Morgan fingerprint density at radius 1 is 0.909 bits per heavy atom. The first-order valence-electron chi connectivity index (χ1n) is 6.74. The standard InChI is InChI=1S/C17H14Cl2N2O/c1-21-11-10-20-16(21)17(22,12-2-6-14(18)7-3-12)13-4-8-15(19)9-5-13/h2-11,22H,1H3. The summed E-state index contributed by atoms with van der Waals surface area (Å²) in [7, 11) is 1.85. The molecule has 0 atom stereocenters. The highest BCUT2D eigenvalue weighted by Crippen LogP contribution is 2.36. The highest BCUT2D eigenvalue weighted by molar-refractivity contribution is 6.30. The molecule has 0 saturated heterocycles. The maximum absolute atomic E-state index is 11.5. The molecule has 0 amide bonds. The van der Waals surface area contributed by atoms with Gasteiger partial charge in [0.1, 0.15) is 5.82 Å². The van der Waals surface area contributed by atoms with Gasteiger partial charge in [-0.3, -0.25) is 0 Å². The van der Waals surface area contributed by atoms with E-state index in [0.717, 1.165) is 0 Å². The fraction of sp³-hybridized carbons (Fsp3) is 0.118. The molecule has 0 aliphatic heterocycles. The summed E-state index contributed by atoms with van der Waals surface area (Å²) in [5, 5.41) is 12.7. The fourth-order valence-electron chi connectivity index (χ4n) is 2.52. The molecule has 0 fully saturated rings. The van der Waals surface area contributed by atoms with Gasteiger partial charge in [-0.05, 0) is 35.4 Å². The lowest BCUT2D eigenvalue weighted by Gasteiger charge is -2.29. The van der Waals surface area contributed by atoms with Crippen LogP contribution in [-0.4, -0.2) is 14.7 Å². The summed E-state index contributed by atoms with van der Waals surface area (Å²) >= 11 is 11.9. The number of aromatic nitrogens is 2. The summed E-state index contributed by atoms with van der Waals surface area (Å²) in [6.07, 6.45) is 3.46. The van der Waals surface area contributed by atoms with Crippen LogP contribution in [0.15, 0.2) is 60.9 Å². The van der Waals surface area contributed by atoms with Gasteiger partial charge in [-0.25, -0.2) is 4.98 Å². The van der Waals surface area contributed by atoms with E-state index in [9.17, 15) is 5.11 Å². The van der Waals surface area contributed by atoms with Crippen LogP contribution in [0.2, 0.25) is 10.0 Å². The van der Waals surface area contributed by atoms with E-state index in [4.69, 9.17) is 23.2 Å². The van der Waals surface area contributed by atoms with Crippen molar-refractivity contribution in [2.45, 2.75) is 5.60 Å². The molecule has 3 nitrogen and oxygen atoms in total. The molecule has 1 aromatic heterocycles. The van der Waals surface area contributed by atoms with E-state index >= 15 is 0 Å². The number of hydrogen-bond acceptors (Lipinski definition) is 2. The molecule has 3 aromatic rings. The second kappa shape index (κ2) is 5.76. The van der Waals surface area contributed by atoms with Gasteiger partial charge in [0.05, 0.1) is 0 Å². The van der Waals surface area contributed by atoms with Crippen molar-refractivity contribution in [3.63, 3.8) is 0 Å². The molecule has 1 heterocycles. The van der Waals surface area contributed by atoms with Crippen molar-refractivity contribution in [2.24, 2.45) is 7.05 Å². The molecule has 0 spiro atoms. The van der Waals surface area contributed by atoms with E-state index in [1.165, 1.54) is 0 Å². The van der Waals surface area contributed by atoms with Gasteiger partial charge in [0.15, 0.2) is 5.60 Å². The molecule has 0 bridgehead atoms. The van der Waals surface area contributed by atoms with Crippen LogP contribution in [-0.2, 0) is 12.6 Å². The Bertz CT molecular complexity index is 734. The highest BCUT2D eigenvalue weighted by atomic mass is 35.5. The van der Waals surface area contributed by atoms with E-state index < -0.39 is 5.60 Å². The molecule has 0 aliphatic rings. The average Bonchev–Trinajstić information content (AvgIpc) is 2.94. The van der Waals surface area contributed by atoms with Crippen molar-refractivity contribution in [2.75, 3.05) is 0 Å². The van der Waals surface area contributed by atoms with Gasteiger partial charge in [-0.15, -0.1) is 0 Å². The summed E-state index contributed by atoms with van der Waals surface area (Å²) in [4.78, 5) is 4.33. The summed E-state index contributed by atoms with van der Waals surface area (Å²) < 4.78 is 1.79. The molecule has 0 radical (unpaired) electrons. The first kappa shape index (κ1) is 15.1. The second-order valence-electron chi connectivity index (χ2n) is 5.09. The third kappa shape index (κ3) is 2.52. The van der Waals surface area contributed by atoms with Crippen LogP contribution in [0.4, 0.5) is 0 Å². The van der Waals surface area contributed by atoms with Crippen molar-refractivity contribution < 1.29 is 5.11 Å². The summed E-state index contributed by atoms with van der Waals surface area (Å²) in [5.41, 5.74) is -0.00463. The van der Waals surface area contributed by atoms with Crippen LogP contribution >= 0.6 is 23.2 Å². The molecule has 0 aliphatic carbocycles. The predicted octanol–water partition coefficient (Wildman–Crippen LogP) is 4.01. The molecular weight excluding hydrogens is 319 g/mol. The van der Waals surface area contributed by atoms with Crippen molar-refractivity contribution in [3.05, 3.63) is 87.9 Å². The molecule has 22 heavy (non-hydrogen) atoms. The van der Waals surface area contributed by atoms with Gasteiger partial charge in [0, 0.05) is 29.5 Å². The zero-order valence-electron chi connectivity index (χ0n) is 11.9. The Morgan fingerprint density at radius 3 is 1.73 bits per heavy atom. The first-order valence-corrected chi connectivity index (χ1v) is 7.49. The molecule has 1 N–H and O–H groups in total. The van der Waals surface area contributed by atoms with Gasteiger partial charge in [0.25, 0.3) is 0 Å². The number of aryl methyl sites for hydroxylation is 1. The monoisotopic (exact) mass is 332 g/mol. The zero-order chi connectivity index (χ0) is 15.7. The number of imidazole rings is 1. The Labute approximate surface area is 138 Å². The molecular formula is C17H14Cl2N2O. The van der Waals surface area contributed by atoms with E-state index in [2.05, 4.69) is 4.98 Å². The number of rotatable bonds is 3. The van der Waals surface area contributed by atoms with Crippen molar-refractivity contribution >= 4 is 23.2 Å². The van der Waals surface area contributed by atoms with Crippen LogP contribution in [0.1, 0.15) is 17.0 Å². The third-order valence-electron chi connectivity index (χ3n) is 3.67. The highest BCUT2D eigenvalue weighted by Gasteiger charge is 2.37. The van der Waals surface area contributed by atoms with Crippen molar-refractivity contribution in [1.29, 1.82) is 0 Å². The smallest absolute Gasteiger partial charge is 0.173 e. The van der Waals surface area contributed by atoms with Crippen LogP contribution < -0.4 is 0 Å². The Kier molecular flexibility index (Phi) is 3.96. The molecule has 2 aromatic carbocycles. The quantitative estimate of drug-likeness (QED) is 0.786. The molecule has 0 saturated carbocycles. The average molecular weight is 333 g/mol. The van der Waals surface area contributed by atoms with Gasteiger partial charge < -0.3 is 9.67 Å². The van der Waals surface area contributed by atoms with E-state index in [1.54, 1.807) is 65.5 Å². The zero-order valence-corrected chi connectivity index (χ0v) is 13.4.